The van der Waals surface area contributed by atoms with Crippen molar-refractivity contribution >= 4 is 0 Å². The molecule has 0 fully saturated rings. The number of fused-ring (bicyclic) bond motifs is 1. The van der Waals surface area contributed by atoms with Crippen LogP contribution < -0.4 is 4.84 Å². The Bertz CT molecular complexity index is 1060. The molecule has 2 aromatic rings. The lowest BCUT2D eigenvalue weighted by Gasteiger charge is -2.13. The molecule has 0 amide bonds. The summed E-state index contributed by atoms with van der Waals surface area (Å²) in [6.07, 6.45) is 0.808. The van der Waals surface area contributed by atoms with Crippen LogP contribution in [-0.4, -0.2) is 33.4 Å². The summed E-state index contributed by atoms with van der Waals surface area (Å²) in [7, 11) is 1.57. The van der Waals surface area contributed by atoms with Crippen LogP contribution in [0.5, 0.6) is 0 Å². The number of ether oxygens (including phenoxy) is 1. The van der Waals surface area contributed by atoms with Crippen LogP contribution in [0.1, 0.15) is 42.0 Å². The minimum Gasteiger partial charge on any atom is -0.414 e. The van der Waals surface area contributed by atoms with Crippen LogP contribution in [0.15, 0.2) is 66.9 Å². The Kier molecular flexibility index (Phi) is 5.99. The fourth-order valence-corrected chi connectivity index (χ4v) is 3.22. The topological polar surface area (TPSA) is 62.1 Å². The summed E-state index contributed by atoms with van der Waals surface area (Å²) in [5, 5.41) is 0. The minimum atomic E-state index is -1.49. The minimum absolute atomic E-state index is 0.156. The van der Waals surface area contributed by atoms with E-state index in [-0.39, 0.29) is 12.5 Å². The summed E-state index contributed by atoms with van der Waals surface area (Å²) in [6.45, 7) is 2.06. The zero-order valence-corrected chi connectivity index (χ0v) is 16.9. The third-order valence-corrected chi connectivity index (χ3v) is 4.83. The highest BCUT2D eigenvalue weighted by Gasteiger charge is 2.23. The van der Waals surface area contributed by atoms with Crippen LogP contribution in [0.3, 0.4) is 0 Å². The predicted molar refractivity (Wildman–Crippen MR) is 111 cm³/mol. The molecule has 0 aromatic heterocycles. The van der Waals surface area contributed by atoms with Crippen LogP contribution in [0, 0.1) is 0 Å². The average molecular weight is 406 g/mol. The number of hydrogen-bond donors (Lipinski definition) is 0. The van der Waals surface area contributed by atoms with Crippen molar-refractivity contribution < 1.29 is 14.0 Å². The Hall–Kier alpha value is -3.32. The van der Waals surface area contributed by atoms with E-state index in [9.17, 15) is 4.39 Å². The fraction of sp³-hybridized carbons (Fsp3) is 0.261. The molecule has 2 aliphatic rings. The molecule has 0 aliphatic carbocycles. The lowest BCUT2D eigenvalue weighted by molar-refractivity contribution is -0.0463. The lowest BCUT2D eigenvalue weighted by Crippen LogP contribution is -2.18. The molecule has 4 rings (SSSR count). The van der Waals surface area contributed by atoms with E-state index in [4.69, 9.17) is 9.57 Å². The van der Waals surface area contributed by atoms with E-state index in [0.29, 0.717) is 29.3 Å². The van der Waals surface area contributed by atoms with Gasteiger partial charge in [0.05, 0.1) is 12.8 Å². The van der Waals surface area contributed by atoms with Crippen molar-refractivity contribution in [1.29, 1.82) is 0 Å². The number of rotatable bonds is 8. The maximum absolute atomic E-state index is 14.3. The van der Waals surface area contributed by atoms with Gasteiger partial charge in [0, 0.05) is 17.9 Å². The van der Waals surface area contributed by atoms with Gasteiger partial charge in [-0.1, -0.05) is 67.6 Å². The molecule has 154 valence electrons. The van der Waals surface area contributed by atoms with Gasteiger partial charge >= 0.3 is 0 Å². The zero-order valence-electron chi connectivity index (χ0n) is 16.9. The molecule has 7 heteroatoms. The zero-order chi connectivity index (χ0) is 20.9. The predicted octanol–water partition coefficient (Wildman–Crippen LogP) is 4.22. The molecular weight excluding hydrogens is 383 g/mol. The lowest BCUT2D eigenvalue weighted by atomic mass is 10.1. The number of halogens is 1. The van der Waals surface area contributed by atoms with Crippen molar-refractivity contribution in [3.8, 4) is 11.5 Å². The van der Waals surface area contributed by atoms with Gasteiger partial charge < -0.3 is 9.57 Å². The summed E-state index contributed by atoms with van der Waals surface area (Å²) < 4.78 is 21.3. The average Bonchev–Trinajstić information content (AvgIpc) is 3.23. The van der Waals surface area contributed by atoms with Crippen molar-refractivity contribution in [3.63, 3.8) is 0 Å². The first-order valence-corrected chi connectivity index (χ1v) is 9.79. The summed E-state index contributed by atoms with van der Waals surface area (Å²) in [5.41, 5.74) is 2.23. The van der Waals surface area contributed by atoms with Crippen molar-refractivity contribution in [3.05, 3.63) is 89.6 Å². The van der Waals surface area contributed by atoms with Gasteiger partial charge in [-0.3, -0.25) is 0 Å². The molecule has 30 heavy (non-hydrogen) atoms. The quantitative estimate of drug-likeness (QED) is 0.439. The number of hydrogen-bond acceptors (Lipinski definition) is 5. The molecular formula is C23H23FN4O2. The van der Waals surface area contributed by atoms with Crippen LogP contribution in [0.2, 0.25) is 0 Å². The molecule has 2 aliphatic heterocycles. The first-order chi connectivity index (χ1) is 14.7. The Balaban J connectivity index is 1.52. The van der Waals surface area contributed by atoms with Gasteiger partial charge in [0.2, 0.25) is 6.36 Å². The SMILES string of the molecule is COn1c(Cc2ccccc2)ncc2nc(C(C)COC(F)c3ccccc3)nc1-2. The van der Waals surface area contributed by atoms with Gasteiger partial charge in [-0.05, 0) is 5.56 Å². The fourth-order valence-electron chi connectivity index (χ4n) is 3.22. The van der Waals surface area contributed by atoms with Gasteiger partial charge in [-0.25, -0.2) is 19.3 Å². The maximum Gasteiger partial charge on any atom is 0.225 e. The van der Waals surface area contributed by atoms with Crippen molar-refractivity contribution in [2.75, 3.05) is 13.7 Å². The third-order valence-electron chi connectivity index (χ3n) is 4.83. The van der Waals surface area contributed by atoms with Crippen LogP contribution in [-0.2, 0) is 11.2 Å². The Morgan fingerprint density at radius 2 is 1.70 bits per heavy atom. The van der Waals surface area contributed by atoms with E-state index in [1.807, 2.05) is 43.3 Å². The molecule has 0 spiro atoms. The standard InChI is InChI=1S/C23H23FN4O2/c1-16(15-30-21(24)18-11-7-4-8-12-18)22-26-19-14-25-20(28(29-2)23(19)27-22)13-17-9-5-3-6-10-17/h3-12,14,16,21H,13,15H2,1-2H3. The molecule has 6 nitrogen and oxygen atoms in total. The Morgan fingerprint density at radius 3 is 2.40 bits per heavy atom. The van der Waals surface area contributed by atoms with Crippen molar-refractivity contribution in [2.24, 2.45) is 0 Å². The monoisotopic (exact) mass is 406 g/mol. The first kappa shape index (κ1) is 20.0. The second-order valence-corrected chi connectivity index (χ2v) is 7.07. The molecule has 2 atom stereocenters. The molecule has 0 bridgehead atoms. The van der Waals surface area contributed by atoms with E-state index < -0.39 is 6.36 Å². The maximum atomic E-state index is 14.3. The highest BCUT2D eigenvalue weighted by molar-refractivity contribution is 5.51. The second kappa shape index (κ2) is 9.00. The van der Waals surface area contributed by atoms with Crippen LogP contribution in [0.4, 0.5) is 4.39 Å². The number of nitrogens with zero attached hydrogens (tertiary/aromatic N) is 4. The van der Waals surface area contributed by atoms with E-state index in [2.05, 4.69) is 15.0 Å². The van der Waals surface area contributed by atoms with Crippen molar-refractivity contribution in [1.82, 2.24) is 19.7 Å². The molecule has 0 saturated carbocycles. The normalized spacial score (nSPS) is 13.3. The number of benzene rings is 2. The Labute approximate surface area is 174 Å². The molecule has 2 aromatic carbocycles. The summed E-state index contributed by atoms with van der Waals surface area (Å²) in [5.74, 6) is 1.68. The van der Waals surface area contributed by atoms with E-state index >= 15 is 0 Å². The van der Waals surface area contributed by atoms with Gasteiger partial charge in [0.25, 0.3) is 0 Å². The van der Waals surface area contributed by atoms with E-state index in [1.54, 1.807) is 42.3 Å². The molecule has 2 unspecified atom stereocenters. The number of alkyl halides is 1. The second-order valence-electron chi connectivity index (χ2n) is 7.07. The highest BCUT2D eigenvalue weighted by Crippen LogP contribution is 2.26. The summed E-state index contributed by atoms with van der Waals surface area (Å²) >= 11 is 0. The third kappa shape index (κ3) is 4.31. The van der Waals surface area contributed by atoms with Gasteiger partial charge in [-0.15, -0.1) is 4.73 Å². The van der Waals surface area contributed by atoms with Gasteiger partial charge in [0.1, 0.15) is 18.6 Å². The molecule has 2 heterocycles. The van der Waals surface area contributed by atoms with Crippen LogP contribution >= 0.6 is 0 Å². The summed E-state index contributed by atoms with van der Waals surface area (Å²) in [6, 6.07) is 18.8. The van der Waals surface area contributed by atoms with Gasteiger partial charge in [-0.2, -0.15) is 0 Å². The smallest absolute Gasteiger partial charge is 0.225 e. The van der Waals surface area contributed by atoms with Crippen LogP contribution in [0.25, 0.3) is 11.5 Å². The van der Waals surface area contributed by atoms with Gasteiger partial charge in [0.15, 0.2) is 11.6 Å². The van der Waals surface area contributed by atoms with E-state index in [1.165, 1.54) is 0 Å². The molecule has 0 radical (unpaired) electrons. The van der Waals surface area contributed by atoms with Crippen molar-refractivity contribution in [2.45, 2.75) is 25.6 Å². The molecule has 0 N–H and O–H groups in total. The Morgan fingerprint density at radius 1 is 1.00 bits per heavy atom. The summed E-state index contributed by atoms with van der Waals surface area (Å²) in [4.78, 5) is 19.2. The van der Waals surface area contributed by atoms with E-state index in [0.717, 1.165) is 11.4 Å². The largest absolute Gasteiger partial charge is 0.414 e. The number of aromatic nitrogens is 4. The molecule has 0 saturated heterocycles. The first-order valence-electron chi connectivity index (χ1n) is 9.79. The number of imidazole rings is 1. The highest BCUT2D eigenvalue weighted by atomic mass is 19.1.